The van der Waals surface area contributed by atoms with Crippen molar-refractivity contribution in [2.24, 2.45) is 0 Å². The minimum atomic E-state index is -0.321. The van der Waals surface area contributed by atoms with Gasteiger partial charge in [-0.1, -0.05) is 11.2 Å². The topological polar surface area (TPSA) is 101 Å². The first-order valence-corrected chi connectivity index (χ1v) is 9.86. The van der Waals surface area contributed by atoms with Gasteiger partial charge in [0.15, 0.2) is 0 Å². The molecule has 3 aromatic heterocycles. The Kier molecular flexibility index (Phi) is 4.70. The molecule has 30 heavy (non-hydrogen) atoms. The maximum absolute atomic E-state index is 13.3. The number of amides is 1. The third-order valence-corrected chi connectivity index (χ3v) is 5.26. The number of rotatable bonds is 5. The maximum Gasteiger partial charge on any atom is 0.249 e. The van der Waals surface area contributed by atoms with Crippen LogP contribution in [0, 0.1) is 5.82 Å². The summed E-state index contributed by atoms with van der Waals surface area (Å²) in [5.41, 5.74) is 1.94. The van der Waals surface area contributed by atoms with Crippen molar-refractivity contribution in [1.82, 2.24) is 30.0 Å². The Balaban J connectivity index is 1.27. The molecule has 0 aliphatic carbocycles. The molecule has 4 heterocycles. The van der Waals surface area contributed by atoms with Crippen molar-refractivity contribution >= 4 is 16.9 Å². The van der Waals surface area contributed by atoms with E-state index in [0.717, 1.165) is 12.8 Å². The number of hydrogen-bond acceptors (Lipinski definition) is 6. The molecule has 5 rings (SSSR count). The number of H-pyrrole nitrogens is 1. The number of nitrogens with zero attached hydrogens (tertiary/aromatic N) is 5. The van der Waals surface area contributed by atoms with Crippen LogP contribution in [0.25, 0.3) is 22.6 Å². The molecule has 1 aliphatic heterocycles. The number of aromatic nitrogens is 5. The standard InChI is InChI=1S/C21H19FN6O2/c22-13-6-7-14-16(12-13)25-18(24-14)8-9-19(29)28-11-3-5-17(28)21-26-20(27-30-21)15-4-1-2-10-23-15/h1-2,4,6-7,10,12,17H,3,5,8-9,11H2,(H,24,25)/t17-/m0/s1. The van der Waals surface area contributed by atoms with Crippen LogP contribution >= 0.6 is 0 Å². The molecule has 1 saturated heterocycles. The van der Waals surface area contributed by atoms with Crippen LogP contribution in [0.15, 0.2) is 47.1 Å². The van der Waals surface area contributed by atoms with Crippen LogP contribution in [0.5, 0.6) is 0 Å². The van der Waals surface area contributed by atoms with E-state index in [1.165, 1.54) is 12.1 Å². The Bertz CT molecular complexity index is 1190. The summed E-state index contributed by atoms with van der Waals surface area (Å²) in [7, 11) is 0. The second kappa shape index (κ2) is 7.66. The minimum absolute atomic E-state index is 0.00160. The largest absolute Gasteiger partial charge is 0.342 e. The fraction of sp³-hybridized carbons (Fsp3) is 0.286. The molecule has 1 aliphatic rings. The zero-order valence-electron chi connectivity index (χ0n) is 16.1. The number of halogens is 1. The second-order valence-electron chi connectivity index (χ2n) is 7.26. The van der Waals surface area contributed by atoms with Crippen molar-refractivity contribution in [2.45, 2.75) is 31.7 Å². The average Bonchev–Trinajstić information content (AvgIpc) is 3.50. The van der Waals surface area contributed by atoms with Crippen molar-refractivity contribution in [3.8, 4) is 11.5 Å². The van der Waals surface area contributed by atoms with E-state index in [1.54, 1.807) is 17.2 Å². The number of hydrogen-bond donors (Lipinski definition) is 1. The molecule has 9 heteroatoms. The Morgan fingerprint density at radius 2 is 2.20 bits per heavy atom. The van der Waals surface area contributed by atoms with Gasteiger partial charge < -0.3 is 14.4 Å². The molecule has 0 unspecified atom stereocenters. The maximum atomic E-state index is 13.3. The van der Waals surface area contributed by atoms with E-state index in [-0.39, 0.29) is 17.8 Å². The van der Waals surface area contributed by atoms with Crippen LogP contribution < -0.4 is 0 Å². The van der Waals surface area contributed by atoms with Crippen LogP contribution in [0.1, 0.15) is 37.0 Å². The molecule has 1 amide bonds. The lowest BCUT2D eigenvalue weighted by Crippen LogP contribution is -2.31. The van der Waals surface area contributed by atoms with Gasteiger partial charge in [-0.2, -0.15) is 4.98 Å². The van der Waals surface area contributed by atoms with E-state index in [9.17, 15) is 9.18 Å². The van der Waals surface area contributed by atoms with Gasteiger partial charge in [0.1, 0.15) is 23.4 Å². The number of fused-ring (bicyclic) bond motifs is 1. The van der Waals surface area contributed by atoms with Crippen LogP contribution in [-0.4, -0.2) is 42.4 Å². The number of benzene rings is 1. The van der Waals surface area contributed by atoms with E-state index in [2.05, 4.69) is 25.1 Å². The van der Waals surface area contributed by atoms with Gasteiger partial charge in [0, 0.05) is 25.6 Å². The molecule has 0 radical (unpaired) electrons. The molecule has 0 saturated carbocycles. The molecule has 1 N–H and O–H groups in total. The fourth-order valence-corrected chi connectivity index (χ4v) is 3.81. The smallest absolute Gasteiger partial charge is 0.249 e. The van der Waals surface area contributed by atoms with Gasteiger partial charge >= 0.3 is 0 Å². The number of likely N-dealkylation sites (tertiary alicyclic amines) is 1. The van der Waals surface area contributed by atoms with Crippen LogP contribution in [0.2, 0.25) is 0 Å². The Morgan fingerprint density at radius 1 is 1.27 bits per heavy atom. The summed E-state index contributed by atoms with van der Waals surface area (Å²) in [6.07, 6.45) is 4.06. The van der Waals surface area contributed by atoms with Gasteiger partial charge in [-0.05, 0) is 43.2 Å². The van der Waals surface area contributed by atoms with Gasteiger partial charge in [-0.15, -0.1) is 0 Å². The van der Waals surface area contributed by atoms with Gasteiger partial charge in [0.2, 0.25) is 17.6 Å². The third-order valence-electron chi connectivity index (χ3n) is 5.26. The SMILES string of the molecule is O=C(CCc1nc2ccc(F)cc2[nH]1)N1CCC[C@H]1c1nc(-c2ccccn2)no1. The lowest BCUT2D eigenvalue weighted by Gasteiger charge is -2.21. The molecule has 0 spiro atoms. The van der Waals surface area contributed by atoms with E-state index in [0.29, 0.717) is 53.7 Å². The first kappa shape index (κ1) is 18.4. The molecular formula is C21H19FN6O2. The normalized spacial score (nSPS) is 16.4. The summed E-state index contributed by atoms with van der Waals surface area (Å²) in [4.78, 5) is 30.9. The Morgan fingerprint density at radius 3 is 3.07 bits per heavy atom. The Labute approximate surface area is 171 Å². The number of nitrogens with one attached hydrogen (secondary N) is 1. The fourth-order valence-electron chi connectivity index (χ4n) is 3.81. The van der Waals surface area contributed by atoms with Crippen molar-refractivity contribution in [2.75, 3.05) is 6.54 Å². The van der Waals surface area contributed by atoms with Crippen molar-refractivity contribution in [3.05, 3.63) is 60.1 Å². The lowest BCUT2D eigenvalue weighted by molar-refractivity contribution is -0.132. The van der Waals surface area contributed by atoms with E-state index < -0.39 is 0 Å². The van der Waals surface area contributed by atoms with Crippen molar-refractivity contribution in [3.63, 3.8) is 0 Å². The van der Waals surface area contributed by atoms with Crippen molar-refractivity contribution < 1.29 is 13.7 Å². The number of imidazole rings is 1. The molecule has 4 aromatic rings. The van der Waals surface area contributed by atoms with E-state index in [4.69, 9.17) is 4.52 Å². The van der Waals surface area contributed by atoms with E-state index >= 15 is 0 Å². The highest BCUT2D eigenvalue weighted by molar-refractivity contribution is 5.78. The minimum Gasteiger partial charge on any atom is -0.342 e. The summed E-state index contributed by atoms with van der Waals surface area (Å²) in [5.74, 6) is 1.19. The number of aryl methyl sites for hydroxylation is 1. The van der Waals surface area contributed by atoms with Gasteiger partial charge in [-0.25, -0.2) is 9.37 Å². The lowest BCUT2D eigenvalue weighted by atomic mass is 10.2. The Hall–Kier alpha value is -3.62. The summed E-state index contributed by atoms with van der Waals surface area (Å²) < 4.78 is 18.8. The number of aromatic amines is 1. The highest BCUT2D eigenvalue weighted by Crippen LogP contribution is 2.32. The number of carbonyl (C=O) groups is 1. The highest BCUT2D eigenvalue weighted by atomic mass is 19.1. The van der Waals surface area contributed by atoms with Gasteiger partial charge in [-0.3, -0.25) is 9.78 Å². The zero-order chi connectivity index (χ0) is 20.5. The van der Waals surface area contributed by atoms with E-state index in [1.807, 2.05) is 18.2 Å². The first-order chi connectivity index (χ1) is 14.7. The monoisotopic (exact) mass is 406 g/mol. The quantitative estimate of drug-likeness (QED) is 0.545. The highest BCUT2D eigenvalue weighted by Gasteiger charge is 2.34. The van der Waals surface area contributed by atoms with Crippen molar-refractivity contribution in [1.29, 1.82) is 0 Å². The molecule has 1 aromatic carbocycles. The molecular weight excluding hydrogens is 387 g/mol. The van der Waals surface area contributed by atoms with Gasteiger partial charge in [0.05, 0.1) is 11.0 Å². The molecule has 152 valence electrons. The zero-order valence-corrected chi connectivity index (χ0v) is 16.1. The summed E-state index contributed by atoms with van der Waals surface area (Å²) in [6, 6.07) is 9.65. The first-order valence-electron chi connectivity index (χ1n) is 9.86. The molecule has 0 bridgehead atoms. The summed E-state index contributed by atoms with van der Waals surface area (Å²) in [5, 5.41) is 4.02. The molecule has 1 fully saturated rings. The molecule has 8 nitrogen and oxygen atoms in total. The predicted molar refractivity (Wildman–Crippen MR) is 106 cm³/mol. The second-order valence-corrected chi connectivity index (χ2v) is 7.26. The summed E-state index contributed by atoms with van der Waals surface area (Å²) >= 11 is 0. The summed E-state index contributed by atoms with van der Waals surface area (Å²) in [6.45, 7) is 0.649. The number of pyridine rings is 1. The predicted octanol–water partition coefficient (Wildman–Crippen LogP) is 3.44. The van der Waals surface area contributed by atoms with Crippen LogP contribution in [0.4, 0.5) is 4.39 Å². The number of carbonyl (C=O) groups excluding carboxylic acids is 1. The average molecular weight is 406 g/mol. The van der Waals surface area contributed by atoms with Crippen LogP contribution in [0.3, 0.4) is 0 Å². The molecule has 1 atom stereocenters. The third kappa shape index (κ3) is 3.54. The van der Waals surface area contributed by atoms with Gasteiger partial charge in [0.25, 0.3) is 0 Å². The van der Waals surface area contributed by atoms with Crippen LogP contribution in [-0.2, 0) is 11.2 Å².